The van der Waals surface area contributed by atoms with Gasteiger partial charge in [0.15, 0.2) is 0 Å². The van der Waals surface area contributed by atoms with Crippen LogP contribution in [-0.2, 0) is 16.6 Å². The Morgan fingerprint density at radius 1 is 1.39 bits per heavy atom. The van der Waals surface area contributed by atoms with Crippen molar-refractivity contribution in [2.24, 2.45) is 0 Å². The quantitative estimate of drug-likeness (QED) is 0.879. The highest BCUT2D eigenvalue weighted by atomic mass is 32.2. The minimum Gasteiger partial charge on any atom is -0.281 e. The predicted molar refractivity (Wildman–Crippen MR) is 63.8 cm³/mol. The molecule has 96 valence electrons. The lowest BCUT2D eigenvalue weighted by Crippen LogP contribution is -2.24. The first-order valence-electron chi connectivity index (χ1n) is 5.23. The number of halogens is 1. The van der Waals surface area contributed by atoms with Crippen molar-refractivity contribution in [3.05, 3.63) is 47.5 Å². The van der Waals surface area contributed by atoms with Gasteiger partial charge in [-0.25, -0.2) is 17.5 Å². The summed E-state index contributed by atoms with van der Waals surface area (Å²) >= 11 is 0. The van der Waals surface area contributed by atoms with Crippen LogP contribution in [0.15, 0.2) is 35.4 Å². The van der Waals surface area contributed by atoms with E-state index < -0.39 is 15.8 Å². The van der Waals surface area contributed by atoms with Crippen molar-refractivity contribution in [1.29, 1.82) is 0 Å². The van der Waals surface area contributed by atoms with Gasteiger partial charge < -0.3 is 0 Å². The van der Waals surface area contributed by atoms with Crippen LogP contribution in [0.2, 0.25) is 0 Å². The van der Waals surface area contributed by atoms with E-state index in [1.807, 2.05) is 0 Å². The van der Waals surface area contributed by atoms with Crippen molar-refractivity contribution >= 4 is 10.0 Å². The Labute approximate surface area is 104 Å². The van der Waals surface area contributed by atoms with Crippen LogP contribution in [0.1, 0.15) is 11.3 Å². The lowest BCUT2D eigenvalue weighted by Gasteiger charge is -2.08. The third-order valence-electron chi connectivity index (χ3n) is 2.45. The van der Waals surface area contributed by atoms with Crippen molar-refractivity contribution in [2.45, 2.75) is 18.4 Å². The van der Waals surface area contributed by atoms with Gasteiger partial charge in [0.25, 0.3) is 0 Å². The van der Waals surface area contributed by atoms with Gasteiger partial charge in [-0.3, -0.25) is 5.10 Å². The van der Waals surface area contributed by atoms with Gasteiger partial charge in [0, 0.05) is 6.20 Å². The van der Waals surface area contributed by atoms with Crippen LogP contribution in [0, 0.1) is 12.7 Å². The molecule has 18 heavy (non-hydrogen) atoms. The molecule has 1 heterocycles. The molecule has 0 radical (unpaired) electrons. The third kappa shape index (κ3) is 2.74. The fraction of sp³-hybridized carbons (Fsp3) is 0.182. The van der Waals surface area contributed by atoms with E-state index in [1.54, 1.807) is 13.0 Å². The predicted octanol–water partition coefficient (Wildman–Crippen LogP) is 1.34. The van der Waals surface area contributed by atoms with Gasteiger partial charge in [0.2, 0.25) is 10.0 Å². The average Bonchev–Trinajstić information content (AvgIpc) is 2.83. The largest absolute Gasteiger partial charge is 0.281 e. The normalized spacial score (nSPS) is 11.7. The van der Waals surface area contributed by atoms with Crippen LogP contribution >= 0.6 is 0 Å². The highest BCUT2D eigenvalue weighted by molar-refractivity contribution is 7.89. The van der Waals surface area contributed by atoms with Crippen molar-refractivity contribution in [1.82, 2.24) is 14.9 Å². The molecular formula is C11H12FN3O2S. The fourth-order valence-corrected chi connectivity index (χ4v) is 2.76. The van der Waals surface area contributed by atoms with Crippen molar-refractivity contribution in [3.8, 4) is 0 Å². The highest BCUT2D eigenvalue weighted by Gasteiger charge is 2.17. The number of H-pyrrole nitrogens is 1. The molecular weight excluding hydrogens is 257 g/mol. The smallest absolute Gasteiger partial charge is 0.241 e. The summed E-state index contributed by atoms with van der Waals surface area (Å²) in [4.78, 5) is -0.0537. The SMILES string of the molecule is Cc1ccc(F)cc1S(=O)(=O)NCc1ccn[nH]1. The number of nitrogens with one attached hydrogen (secondary N) is 2. The van der Waals surface area contributed by atoms with E-state index in [-0.39, 0.29) is 11.4 Å². The first-order valence-corrected chi connectivity index (χ1v) is 6.71. The molecule has 1 aromatic carbocycles. The molecule has 0 saturated heterocycles. The molecule has 0 bridgehead atoms. The molecule has 0 aliphatic carbocycles. The minimum atomic E-state index is -3.73. The van der Waals surface area contributed by atoms with Gasteiger partial charge in [-0.15, -0.1) is 0 Å². The van der Waals surface area contributed by atoms with Crippen LogP contribution in [-0.4, -0.2) is 18.6 Å². The number of aromatic nitrogens is 2. The molecule has 0 atom stereocenters. The van der Waals surface area contributed by atoms with Gasteiger partial charge in [0.05, 0.1) is 17.1 Å². The minimum absolute atomic E-state index is 0.0537. The summed E-state index contributed by atoms with van der Waals surface area (Å²) in [7, 11) is -3.73. The Bertz CT molecular complexity index is 638. The number of aryl methyl sites for hydroxylation is 1. The van der Waals surface area contributed by atoms with Crippen LogP contribution in [0.5, 0.6) is 0 Å². The van der Waals surface area contributed by atoms with Crippen molar-refractivity contribution in [3.63, 3.8) is 0 Å². The maximum atomic E-state index is 13.1. The average molecular weight is 269 g/mol. The summed E-state index contributed by atoms with van der Waals surface area (Å²) in [6.07, 6.45) is 1.52. The lowest BCUT2D eigenvalue weighted by molar-refractivity contribution is 0.575. The molecule has 0 saturated carbocycles. The fourth-order valence-electron chi connectivity index (χ4n) is 1.50. The Balaban J connectivity index is 2.22. The number of sulfonamides is 1. The standard InChI is InChI=1S/C11H12FN3O2S/c1-8-2-3-9(12)6-11(8)18(16,17)14-7-10-4-5-13-15-10/h2-6,14H,7H2,1H3,(H,13,15). The van der Waals surface area contributed by atoms with Crippen LogP contribution in [0.3, 0.4) is 0 Å². The lowest BCUT2D eigenvalue weighted by atomic mass is 10.2. The zero-order chi connectivity index (χ0) is 13.2. The summed E-state index contributed by atoms with van der Waals surface area (Å²) in [5, 5.41) is 6.34. The number of rotatable bonds is 4. The maximum Gasteiger partial charge on any atom is 0.241 e. The Hall–Kier alpha value is -1.73. The van der Waals surface area contributed by atoms with E-state index in [2.05, 4.69) is 14.9 Å². The number of benzene rings is 1. The summed E-state index contributed by atoms with van der Waals surface area (Å²) in [6.45, 7) is 1.70. The summed E-state index contributed by atoms with van der Waals surface area (Å²) in [5.74, 6) is -0.581. The van der Waals surface area contributed by atoms with E-state index in [4.69, 9.17) is 0 Å². The molecule has 2 aromatic rings. The van der Waals surface area contributed by atoms with Crippen LogP contribution in [0.4, 0.5) is 4.39 Å². The van der Waals surface area contributed by atoms with Crippen LogP contribution < -0.4 is 4.72 Å². The first kappa shape index (κ1) is 12.7. The molecule has 5 nitrogen and oxygen atoms in total. The zero-order valence-corrected chi connectivity index (χ0v) is 10.5. The number of aromatic amines is 1. The zero-order valence-electron chi connectivity index (χ0n) is 9.64. The molecule has 7 heteroatoms. The van der Waals surface area contributed by atoms with E-state index in [0.29, 0.717) is 11.3 Å². The Morgan fingerprint density at radius 3 is 2.83 bits per heavy atom. The molecule has 2 N–H and O–H groups in total. The van der Waals surface area contributed by atoms with Gasteiger partial charge in [0.1, 0.15) is 5.82 Å². The summed E-state index contributed by atoms with van der Waals surface area (Å²) in [5.41, 5.74) is 1.13. The second-order valence-electron chi connectivity index (χ2n) is 3.82. The van der Waals surface area contributed by atoms with Crippen molar-refractivity contribution < 1.29 is 12.8 Å². The van der Waals surface area contributed by atoms with E-state index in [0.717, 1.165) is 6.07 Å². The topological polar surface area (TPSA) is 74.8 Å². The van der Waals surface area contributed by atoms with E-state index in [9.17, 15) is 12.8 Å². The Morgan fingerprint density at radius 2 is 2.17 bits per heavy atom. The molecule has 0 spiro atoms. The highest BCUT2D eigenvalue weighted by Crippen LogP contribution is 2.16. The molecule has 0 fully saturated rings. The van der Waals surface area contributed by atoms with E-state index >= 15 is 0 Å². The number of hydrogen-bond acceptors (Lipinski definition) is 3. The molecule has 2 rings (SSSR count). The third-order valence-corrected chi connectivity index (χ3v) is 3.99. The monoisotopic (exact) mass is 269 g/mol. The number of hydrogen-bond donors (Lipinski definition) is 2. The summed E-state index contributed by atoms with van der Waals surface area (Å²) < 4.78 is 39.4. The van der Waals surface area contributed by atoms with Gasteiger partial charge in [-0.05, 0) is 30.7 Å². The van der Waals surface area contributed by atoms with Crippen molar-refractivity contribution in [2.75, 3.05) is 0 Å². The molecule has 0 unspecified atom stereocenters. The Kier molecular flexibility index (Phi) is 3.44. The van der Waals surface area contributed by atoms with E-state index in [1.165, 1.54) is 18.3 Å². The molecule has 0 aliphatic heterocycles. The first-order chi connectivity index (χ1) is 8.49. The second-order valence-corrected chi connectivity index (χ2v) is 5.55. The molecule has 1 aromatic heterocycles. The number of nitrogens with zero attached hydrogens (tertiary/aromatic N) is 1. The maximum absolute atomic E-state index is 13.1. The van der Waals surface area contributed by atoms with Gasteiger partial charge >= 0.3 is 0 Å². The molecule has 0 amide bonds. The second kappa shape index (κ2) is 4.87. The molecule has 0 aliphatic rings. The van der Waals surface area contributed by atoms with Gasteiger partial charge in [-0.2, -0.15) is 5.10 Å². The van der Waals surface area contributed by atoms with Gasteiger partial charge in [-0.1, -0.05) is 6.07 Å². The van der Waals surface area contributed by atoms with Crippen LogP contribution in [0.25, 0.3) is 0 Å². The summed E-state index contributed by atoms with van der Waals surface area (Å²) in [6, 6.07) is 5.31.